The molecule has 4 nitrogen and oxygen atoms in total. The summed E-state index contributed by atoms with van der Waals surface area (Å²) in [5, 5.41) is 0. The molecular formula is C14H26N4. The zero-order valence-electron chi connectivity index (χ0n) is 12.3. The van der Waals surface area contributed by atoms with E-state index in [2.05, 4.69) is 23.8 Å². The molecule has 0 aromatic carbocycles. The summed E-state index contributed by atoms with van der Waals surface area (Å²) in [4.78, 5) is 10.9. The van der Waals surface area contributed by atoms with Crippen molar-refractivity contribution in [2.75, 3.05) is 18.5 Å². The van der Waals surface area contributed by atoms with Gasteiger partial charge in [0.15, 0.2) is 0 Å². The number of anilines is 1. The number of nitrogens with two attached hydrogens (primary N) is 1. The molecule has 0 radical (unpaired) electrons. The maximum Gasteiger partial charge on any atom is 0.224 e. The molecule has 0 bridgehead atoms. The number of rotatable bonds is 6. The van der Waals surface area contributed by atoms with Crippen LogP contribution in [0.3, 0.4) is 0 Å². The van der Waals surface area contributed by atoms with Gasteiger partial charge in [0.25, 0.3) is 0 Å². The predicted molar refractivity (Wildman–Crippen MR) is 76.7 cm³/mol. The van der Waals surface area contributed by atoms with Gasteiger partial charge in [-0.2, -0.15) is 0 Å². The quantitative estimate of drug-likeness (QED) is 0.841. The summed E-state index contributed by atoms with van der Waals surface area (Å²) in [6, 6.07) is 0. The first kappa shape index (κ1) is 14.9. The highest BCUT2D eigenvalue weighted by molar-refractivity contribution is 5.28. The molecule has 0 spiro atoms. The second kappa shape index (κ2) is 6.14. The molecule has 1 heterocycles. The van der Waals surface area contributed by atoms with Crippen molar-refractivity contribution in [2.45, 2.75) is 46.1 Å². The molecule has 1 aromatic heterocycles. The summed E-state index contributed by atoms with van der Waals surface area (Å²) in [6.45, 7) is 9.33. The Bertz CT molecular complexity index is 351. The van der Waals surface area contributed by atoms with Gasteiger partial charge in [0.2, 0.25) is 5.95 Å². The van der Waals surface area contributed by atoms with Crippen LogP contribution in [-0.4, -0.2) is 29.1 Å². The predicted octanol–water partition coefficient (Wildman–Crippen LogP) is 2.24. The van der Waals surface area contributed by atoms with Gasteiger partial charge >= 0.3 is 0 Å². The minimum atomic E-state index is -0.147. The van der Waals surface area contributed by atoms with Crippen molar-refractivity contribution in [2.24, 2.45) is 11.7 Å². The molecule has 2 N–H and O–H groups in total. The summed E-state index contributed by atoms with van der Waals surface area (Å²) < 4.78 is 0. The first-order valence-electron chi connectivity index (χ1n) is 6.59. The molecule has 0 aliphatic carbocycles. The smallest absolute Gasteiger partial charge is 0.224 e. The lowest BCUT2D eigenvalue weighted by molar-refractivity contribution is 0.477. The maximum absolute atomic E-state index is 5.97. The van der Waals surface area contributed by atoms with Gasteiger partial charge in [-0.3, -0.25) is 0 Å². The highest BCUT2D eigenvalue weighted by Gasteiger charge is 2.13. The van der Waals surface area contributed by atoms with E-state index in [-0.39, 0.29) is 5.54 Å². The molecule has 0 fully saturated rings. The molecule has 0 aliphatic heterocycles. The van der Waals surface area contributed by atoms with E-state index >= 15 is 0 Å². The molecule has 0 aliphatic rings. The van der Waals surface area contributed by atoms with Crippen molar-refractivity contribution >= 4 is 5.95 Å². The van der Waals surface area contributed by atoms with Crippen molar-refractivity contribution in [1.29, 1.82) is 0 Å². The zero-order valence-corrected chi connectivity index (χ0v) is 12.3. The minimum absolute atomic E-state index is 0.147. The van der Waals surface area contributed by atoms with E-state index < -0.39 is 0 Å². The SMILES string of the molecule is CC(C)Cc1cnc(N(C)CCC(C)(C)N)nc1. The molecule has 0 saturated heterocycles. The van der Waals surface area contributed by atoms with E-state index in [9.17, 15) is 0 Å². The highest BCUT2D eigenvalue weighted by atomic mass is 15.2. The van der Waals surface area contributed by atoms with Crippen LogP contribution in [0.25, 0.3) is 0 Å². The van der Waals surface area contributed by atoms with E-state index in [1.54, 1.807) is 0 Å². The van der Waals surface area contributed by atoms with Gasteiger partial charge in [0.1, 0.15) is 0 Å². The van der Waals surface area contributed by atoms with Crippen molar-refractivity contribution in [3.8, 4) is 0 Å². The fourth-order valence-corrected chi connectivity index (χ4v) is 1.68. The van der Waals surface area contributed by atoms with Crippen molar-refractivity contribution < 1.29 is 0 Å². The molecule has 4 heteroatoms. The monoisotopic (exact) mass is 250 g/mol. The Morgan fingerprint density at radius 1 is 1.28 bits per heavy atom. The van der Waals surface area contributed by atoms with Crippen LogP contribution in [0.15, 0.2) is 12.4 Å². The first-order chi connectivity index (χ1) is 8.28. The van der Waals surface area contributed by atoms with E-state index in [1.807, 2.05) is 38.2 Å². The third-order valence-electron chi connectivity index (χ3n) is 2.77. The van der Waals surface area contributed by atoms with Crippen LogP contribution in [0.2, 0.25) is 0 Å². The van der Waals surface area contributed by atoms with E-state index in [4.69, 9.17) is 5.73 Å². The molecule has 0 atom stereocenters. The summed E-state index contributed by atoms with van der Waals surface area (Å²) >= 11 is 0. The van der Waals surface area contributed by atoms with Crippen LogP contribution in [0.4, 0.5) is 5.95 Å². The van der Waals surface area contributed by atoms with Crippen molar-refractivity contribution in [3.05, 3.63) is 18.0 Å². The highest BCUT2D eigenvalue weighted by Crippen LogP contribution is 2.11. The minimum Gasteiger partial charge on any atom is -0.344 e. The summed E-state index contributed by atoms with van der Waals surface area (Å²) in [7, 11) is 2.00. The molecular weight excluding hydrogens is 224 g/mol. The molecule has 18 heavy (non-hydrogen) atoms. The van der Waals surface area contributed by atoms with Gasteiger partial charge < -0.3 is 10.6 Å². The summed E-state index contributed by atoms with van der Waals surface area (Å²) in [6.07, 6.45) is 5.79. The van der Waals surface area contributed by atoms with Crippen LogP contribution < -0.4 is 10.6 Å². The number of hydrogen-bond acceptors (Lipinski definition) is 4. The van der Waals surface area contributed by atoms with Gasteiger partial charge in [-0.15, -0.1) is 0 Å². The third kappa shape index (κ3) is 5.45. The van der Waals surface area contributed by atoms with Crippen LogP contribution >= 0.6 is 0 Å². The zero-order chi connectivity index (χ0) is 13.8. The Hall–Kier alpha value is -1.16. The second-order valence-corrected chi connectivity index (χ2v) is 6.15. The maximum atomic E-state index is 5.97. The second-order valence-electron chi connectivity index (χ2n) is 6.15. The Labute approximate surface area is 111 Å². The van der Waals surface area contributed by atoms with Crippen LogP contribution in [0.1, 0.15) is 39.7 Å². The van der Waals surface area contributed by atoms with Gasteiger partial charge in [-0.05, 0) is 38.2 Å². The molecule has 102 valence electrons. The van der Waals surface area contributed by atoms with Gasteiger partial charge in [0.05, 0.1) is 0 Å². The van der Waals surface area contributed by atoms with E-state index in [0.717, 1.165) is 25.3 Å². The van der Waals surface area contributed by atoms with Crippen LogP contribution in [0.5, 0.6) is 0 Å². The lowest BCUT2D eigenvalue weighted by atomic mass is 10.0. The van der Waals surface area contributed by atoms with Crippen molar-refractivity contribution in [1.82, 2.24) is 9.97 Å². The van der Waals surface area contributed by atoms with E-state index in [0.29, 0.717) is 5.92 Å². The van der Waals surface area contributed by atoms with Gasteiger partial charge in [-0.1, -0.05) is 13.8 Å². The Morgan fingerprint density at radius 2 is 1.83 bits per heavy atom. The fraction of sp³-hybridized carbons (Fsp3) is 0.714. The molecule has 0 unspecified atom stereocenters. The Morgan fingerprint density at radius 3 is 2.28 bits per heavy atom. The number of aromatic nitrogens is 2. The van der Waals surface area contributed by atoms with Crippen molar-refractivity contribution in [3.63, 3.8) is 0 Å². The summed E-state index contributed by atoms with van der Waals surface area (Å²) in [5.74, 6) is 1.40. The van der Waals surface area contributed by atoms with E-state index in [1.165, 1.54) is 5.56 Å². The normalized spacial score (nSPS) is 11.9. The lowest BCUT2D eigenvalue weighted by Crippen LogP contribution is -2.36. The number of nitrogens with zero attached hydrogens (tertiary/aromatic N) is 3. The largest absolute Gasteiger partial charge is 0.344 e. The standard InChI is InChI=1S/C14H26N4/c1-11(2)8-12-9-16-13(17-10-12)18(5)7-6-14(3,4)15/h9-11H,6-8,15H2,1-5H3. The summed E-state index contributed by atoms with van der Waals surface area (Å²) in [5.41, 5.74) is 7.02. The third-order valence-corrected chi connectivity index (χ3v) is 2.77. The lowest BCUT2D eigenvalue weighted by Gasteiger charge is -2.23. The Kier molecular flexibility index (Phi) is 5.08. The average Bonchev–Trinajstić information content (AvgIpc) is 2.25. The Balaban J connectivity index is 2.56. The molecule has 1 aromatic rings. The topological polar surface area (TPSA) is 55.0 Å². The average molecular weight is 250 g/mol. The van der Waals surface area contributed by atoms with Crippen LogP contribution in [-0.2, 0) is 6.42 Å². The fourth-order valence-electron chi connectivity index (χ4n) is 1.68. The van der Waals surface area contributed by atoms with Gasteiger partial charge in [0, 0.05) is 31.5 Å². The molecule has 0 amide bonds. The van der Waals surface area contributed by atoms with Gasteiger partial charge in [-0.25, -0.2) is 9.97 Å². The first-order valence-corrected chi connectivity index (χ1v) is 6.59. The number of hydrogen-bond donors (Lipinski definition) is 1. The molecule has 1 rings (SSSR count). The molecule has 0 saturated carbocycles. The van der Waals surface area contributed by atoms with Crippen LogP contribution in [0, 0.1) is 5.92 Å².